The van der Waals surface area contributed by atoms with Gasteiger partial charge in [-0.05, 0) is 31.0 Å². The van der Waals surface area contributed by atoms with Gasteiger partial charge in [0.1, 0.15) is 11.1 Å². The van der Waals surface area contributed by atoms with Crippen LogP contribution in [0, 0.1) is 0 Å². The van der Waals surface area contributed by atoms with Crippen molar-refractivity contribution in [1.82, 2.24) is 20.1 Å². The van der Waals surface area contributed by atoms with E-state index < -0.39 is 6.04 Å². The number of amides is 2. The van der Waals surface area contributed by atoms with Crippen LogP contribution in [-0.2, 0) is 11.3 Å². The fourth-order valence-corrected chi connectivity index (χ4v) is 4.47. The minimum atomic E-state index is -0.434. The molecule has 2 heterocycles. The first-order valence-electron chi connectivity index (χ1n) is 12.1. The second kappa shape index (κ2) is 12.0. The van der Waals surface area contributed by atoms with Crippen molar-refractivity contribution < 1.29 is 14.3 Å². The lowest BCUT2D eigenvalue weighted by atomic mass is 10.0. The van der Waals surface area contributed by atoms with Crippen LogP contribution in [0.25, 0.3) is 0 Å². The number of carbonyl (C=O) groups excluding carboxylic acids is 2. The Morgan fingerprint density at radius 1 is 1.00 bits per heavy atom. The number of hydrogen-bond acceptors (Lipinski definition) is 5. The molecule has 188 valence electrons. The smallest absolute Gasteiger partial charge is 0.255 e. The lowest BCUT2D eigenvalue weighted by molar-refractivity contribution is -0.127. The summed E-state index contributed by atoms with van der Waals surface area (Å²) in [5, 5.41) is 3.40. The van der Waals surface area contributed by atoms with Crippen molar-refractivity contribution in [3.05, 3.63) is 94.6 Å². The lowest BCUT2D eigenvalue weighted by Gasteiger charge is -2.38. The lowest BCUT2D eigenvalue weighted by Crippen LogP contribution is -2.52. The third kappa shape index (κ3) is 6.42. The second-order valence-corrected chi connectivity index (χ2v) is 9.43. The van der Waals surface area contributed by atoms with Gasteiger partial charge in [-0.15, -0.1) is 0 Å². The summed E-state index contributed by atoms with van der Waals surface area (Å²) in [4.78, 5) is 34.6. The Bertz CT molecular complexity index is 1170. The molecule has 8 heteroatoms. The van der Waals surface area contributed by atoms with Gasteiger partial charge in [0.2, 0.25) is 11.8 Å². The van der Waals surface area contributed by atoms with Crippen molar-refractivity contribution >= 4 is 23.4 Å². The molecule has 1 aromatic heterocycles. The van der Waals surface area contributed by atoms with E-state index >= 15 is 0 Å². The fourth-order valence-electron chi connectivity index (χ4n) is 4.26. The van der Waals surface area contributed by atoms with E-state index in [2.05, 4.69) is 15.2 Å². The Balaban J connectivity index is 1.42. The topological polar surface area (TPSA) is 74.8 Å². The number of carbonyl (C=O) groups is 2. The predicted octanol–water partition coefficient (Wildman–Crippen LogP) is 4.34. The molecule has 2 aromatic carbocycles. The van der Waals surface area contributed by atoms with E-state index in [-0.39, 0.29) is 17.9 Å². The molecule has 0 spiro atoms. The molecule has 0 unspecified atom stereocenters. The molecule has 4 rings (SSSR count). The van der Waals surface area contributed by atoms with Crippen LogP contribution < -0.4 is 10.1 Å². The van der Waals surface area contributed by atoms with E-state index in [1.165, 1.54) is 6.20 Å². The van der Waals surface area contributed by atoms with E-state index in [0.29, 0.717) is 49.2 Å². The van der Waals surface area contributed by atoms with Gasteiger partial charge < -0.3 is 15.0 Å². The third-order valence-corrected chi connectivity index (χ3v) is 6.31. The van der Waals surface area contributed by atoms with Crippen molar-refractivity contribution in [2.75, 3.05) is 26.2 Å². The van der Waals surface area contributed by atoms with E-state index in [1.54, 1.807) is 11.0 Å². The maximum absolute atomic E-state index is 13.3. The van der Waals surface area contributed by atoms with Gasteiger partial charge in [0.25, 0.3) is 5.91 Å². The average molecular weight is 507 g/mol. The molecule has 1 saturated heterocycles. The molecule has 1 N–H and O–H groups in total. The SMILES string of the molecule is CC(C)Oc1ncc(C(=O)N2CCN([C@@H](C(=O)NCc3ccccc3)c3ccccc3)CC2)cc1Cl. The molecule has 36 heavy (non-hydrogen) atoms. The van der Waals surface area contributed by atoms with Crippen molar-refractivity contribution in [2.24, 2.45) is 0 Å². The number of hydrogen-bond donors (Lipinski definition) is 1. The number of halogens is 1. The Morgan fingerprint density at radius 2 is 1.64 bits per heavy atom. The van der Waals surface area contributed by atoms with Crippen molar-refractivity contribution in [3.63, 3.8) is 0 Å². The first-order chi connectivity index (χ1) is 17.4. The molecule has 0 bridgehead atoms. The molecule has 3 aromatic rings. The minimum absolute atomic E-state index is 0.0541. The van der Waals surface area contributed by atoms with Crippen molar-refractivity contribution in [1.29, 1.82) is 0 Å². The molecular weight excluding hydrogens is 476 g/mol. The Kier molecular flexibility index (Phi) is 8.57. The zero-order valence-electron chi connectivity index (χ0n) is 20.6. The summed E-state index contributed by atoms with van der Waals surface area (Å²) in [7, 11) is 0. The maximum Gasteiger partial charge on any atom is 0.255 e. The molecule has 0 saturated carbocycles. The molecule has 1 atom stereocenters. The summed E-state index contributed by atoms with van der Waals surface area (Å²) in [6.45, 7) is 6.37. The highest BCUT2D eigenvalue weighted by atomic mass is 35.5. The zero-order chi connectivity index (χ0) is 25.5. The number of aromatic nitrogens is 1. The summed E-state index contributed by atoms with van der Waals surface area (Å²) in [5.41, 5.74) is 2.40. The van der Waals surface area contributed by atoms with Gasteiger partial charge in [0.05, 0.1) is 11.7 Å². The molecule has 7 nitrogen and oxygen atoms in total. The summed E-state index contributed by atoms with van der Waals surface area (Å²) in [5.74, 6) is 0.131. The summed E-state index contributed by atoms with van der Waals surface area (Å²) in [6.07, 6.45) is 1.44. The molecule has 2 amide bonds. The van der Waals surface area contributed by atoms with Crippen molar-refractivity contribution in [3.8, 4) is 5.88 Å². The number of nitrogens with zero attached hydrogens (tertiary/aromatic N) is 3. The van der Waals surface area contributed by atoms with Crippen LogP contribution in [0.1, 0.15) is 41.4 Å². The van der Waals surface area contributed by atoms with Gasteiger partial charge in [0, 0.05) is 38.9 Å². The van der Waals surface area contributed by atoms with Crippen LogP contribution in [-0.4, -0.2) is 58.9 Å². The first kappa shape index (κ1) is 25.7. The molecule has 1 aliphatic rings. The molecular formula is C28H31ClN4O3. The maximum atomic E-state index is 13.3. The fraction of sp³-hybridized carbons (Fsp3) is 0.321. The van der Waals surface area contributed by atoms with Crippen LogP contribution >= 0.6 is 11.6 Å². The highest BCUT2D eigenvalue weighted by Gasteiger charge is 2.32. The summed E-state index contributed by atoms with van der Waals surface area (Å²) >= 11 is 6.29. The Morgan fingerprint density at radius 3 is 2.25 bits per heavy atom. The predicted molar refractivity (Wildman–Crippen MR) is 140 cm³/mol. The van der Waals surface area contributed by atoms with E-state index in [4.69, 9.17) is 16.3 Å². The van der Waals surface area contributed by atoms with Gasteiger partial charge in [-0.25, -0.2) is 4.98 Å². The van der Waals surface area contributed by atoms with Gasteiger partial charge in [-0.2, -0.15) is 0 Å². The minimum Gasteiger partial charge on any atom is -0.474 e. The zero-order valence-corrected chi connectivity index (χ0v) is 21.3. The quantitative estimate of drug-likeness (QED) is 0.492. The number of piperazine rings is 1. The van der Waals surface area contributed by atoms with Gasteiger partial charge in [-0.1, -0.05) is 72.3 Å². The first-order valence-corrected chi connectivity index (χ1v) is 12.5. The molecule has 1 fully saturated rings. The van der Waals surface area contributed by atoms with Crippen LogP contribution in [0.2, 0.25) is 5.02 Å². The average Bonchev–Trinajstić information content (AvgIpc) is 2.90. The largest absolute Gasteiger partial charge is 0.474 e. The summed E-state index contributed by atoms with van der Waals surface area (Å²) in [6, 6.07) is 20.8. The second-order valence-electron chi connectivity index (χ2n) is 9.02. The normalized spacial score (nSPS) is 14.9. The Labute approximate surface area is 217 Å². The van der Waals surface area contributed by atoms with Crippen LogP contribution in [0.15, 0.2) is 72.9 Å². The number of nitrogens with one attached hydrogen (secondary N) is 1. The molecule has 1 aliphatic heterocycles. The van der Waals surface area contributed by atoms with Gasteiger partial charge in [-0.3, -0.25) is 14.5 Å². The summed E-state index contributed by atoms with van der Waals surface area (Å²) < 4.78 is 5.57. The van der Waals surface area contributed by atoms with Gasteiger partial charge >= 0.3 is 0 Å². The van der Waals surface area contributed by atoms with Crippen LogP contribution in [0.4, 0.5) is 0 Å². The number of rotatable bonds is 8. The highest BCUT2D eigenvalue weighted by Crippen LogP contribution is 2.26. The number of ether oxygens (including phenoxy) is 1. The van der Waals surface area contributed by atoms with Crippen LogP contribution in [0.5, 0.6) is 5.88 Å². The molecule has 0 radical (unpaired) electrons. The van der Waals surface area contributed by atoms with E-state index in [1.807, 2.05) is 74.5 Å². The van der Waals surface area contributed by atoms with Crippen LogP contribution in [0.3, 0.4) is 0 Å². The Hall–Kier alpha value is -3.42. The third-order valence-electron chi connectivity index (χ3n) is 6.04. The van der Waals surface area contributed by atoms with E-state index in [9.17, 15) is 9.59 Å². The number of pyridine rings is 1. The monoisotopic (exact) mass is 506 g/mol. The number of benzene rings is 2. The van der Waals surface area contributed by atoms with E-state index in [0.717, 1.165) is 11.1 Å². The molecule has 0 aliphatic carbocycles. The van der Waals surface area contributed by atoms with Gasteiger partial charge in [0.15, 0.2) is 0 Å². The van der Waals surface area contributed by atoms with Crippen molar-refractivity contribution in [2.45, 2.75) is 32.5 Å². The highest BCUT2D eigenvalue weighted by molar-refractivity contribution is 6.32. The standard InChI is InChI=1S/C28H31ClN4O3/c1-20(2)36-27-24(29)17-23(19-31-27)28(35)33-15-13-32(14-16-33)25(22-11-7-4-8-12-22)26(34)30-18-21-9-5-3-6-10-21/h3-12,17,19-20,25H,13-16,18H2,1-2H3,(H,30,34)/t25-/m1/s1.